The van der Waals surface area contributed by atoms with Gasteiger partial charge in [-0.15, -0.1) is 0 Å². The molecule has 0 spiro atoms. The van der Waals surface area contributed by atoms with Gasteiger partial charge in [-0.3, -0.25) is 10.2 Å². The Morgan fingerprint density at radius 3 is 2.29 bits per heavy atom. The van der Waals surface area contributed by atoms with Gasteiger partial charge in [-0.25, -0.2) is 10.2 Å². The molecule has 0 aliphatic heterocycles. The summed E-state index contributed by atoms with van der Waals surface area (Å²) in [6.07, 6.45) is 0. The van der Waals surface area contributed by atoms with Crippen LogP contribution in [0.2, 0.25) is 5.02 Å². The molecule has 0 atom stereocenters. The second kappa shape index (κ2) is 6.62. The minimum absolute atomic E-state index is 0.0595. The minimum Gasteiger partial charge on any atom is -0.507 e. The summed E-state index contributed by atoms with van der Waals surface area (Å²) < 4.78 is 0. The van der Waals surface area contributed by atoms with Gasteiger partial charge in [0.2, 0.25) is 0 Å². The molecule has 108 valence electrons. The molecule has 0 aliphatic carbocycles. The van der Waals surface area contributed by atoms with Gasteiger partial charge in [0.15, 0.2) is 0 Å². The average molecular weight is 306 g/mol. The Labute approximate surface area is 125 Å². The third kappa shape index (κ3) is 4.12. The number of anilines is 1. The van der Waals surface area contributed by atoms with Crippen molar-refractivity contribution in [3.05, 3.63) is 59.1 Å². The van der Waals surface area contributed by atoms with Crippen LogP contribution < -0.4 is 16.2 Å². The summed E-state index contributed by atoms with van der Waals surface area (Å²) in [4.78, 5) is 23.3. The van der Waals surface area contributed by atoms with Gasteiger partial charge in [0, 0.05) is 10.7 Å². The molecule has 7 heteroatoms. The first-order valence-electron chi connectivity index (χ1n) is 5.97. The molecule has 0 fully saturated rings. The van der Waals surface area contributed by atoms with E-state index in [1.807, 2.05) is 0 Å². The maximum Gasteiger partial charge on any atom is 0.337 e. The SMILES string of the molecule is O=C(NNC(=O)c1ccccc1O)Nc1ccc(Cl)cc1. The van der Waals surface area contributed by atoms with Crippen molar-refractivity contribution >= 4 is 29.2 Å². The van der Waals surface area contributed by atoms with E-state index in [4.69, 9.17) is 11.6 Å². The minimum atomic E-state index is -0.626. The fourth-order valence-electron chi connectivity index (χ4n) is 1.54. The molecule has 0 unspecified atom stereocenters. The molecule has 0 radical (unpaired) electrons. The van der Waals surface area contributed by atoms with E-state index < -0.39 is 11.9 Å². The van der Waals surface area contributed by atoms with Gasteiger partial charge in [0.05, 0.1) is 5.56 Å². The van der Waals surface area contributed by atoms with E-state index in [9.17, 15) is 14.7 Å². The van der Waals surface area contributed by atoms with Crippen molar-refractivity contribution in [2.75, 3.05) is 5.32 Å². The lowest BCUT2D eigenvalue weighted by molar-refractivity contribution is 0.0935. The second-order valence-corrected chi connectivity index (χ2v) is 4.49. The Balaban J connectivity index is 1.88. The van der Waals surface area contributed by atoms with Gasteiger partial charge in [0.1, 0.15) is 5.75 Å². The van der Waals surface area contributed by atoms with Crippen LogP contribution in [0.5, 0.6) is 5.75 Å². The van der Waals surface area contributed by atoms with E-state index in [0.717, 1.165) is 0 Å². The predicted octanol–water partition coefficient (Wildman–Crippen LogP) is 2.51. The first-order chi connectivity index (χ1) is 10.1. The second-order valence-electron chi connectivity index (χ2n) is 4.06. The van der Waals surface area contributed by atoms with E-state index in [0.29, 0.717) is 10.7 Å². The maximum atomic E-state index is 11.7. The molecular formula is C14H12ClN3O3. The average Bonchev–Trinajstić information content (AvgIpc) is 2.48. The van der Waals surface area contributed by atoms with Crippen molar-refractivity contribution in [1.82, 2.24) is 10.9 Å². The lowest BCUT2D eigenvalue weighted by atomic mass is 10.2. The molecule has 0 aliphatic rings. The number of phenolic OH excluding ortho intramolecular Hbond substituents is 1. The van der Waals surface area contributed by atoms with E-state index in [1.165, 1.54) is 12.1 Å². The zero-order chi connectivity index (χ0) is 15.2. The number of phenols is 1. The number of aromatic hydroxyl groups is 1. The van der Waals surface area contributed by atoms with Crippen LogP contribution in [-0.2, 0) is 0 Å². The van der Waals surface area contributed by atoms with Crippen molar-refractivity contribution in [2.24, 2.45) is 0 Å². The first-order valence-corrected chi connectivity index (χ1v) is 6.35. The smallest absolute Gasteiger partial charge is 0.337 e. The molecule has 0 bridgehead atoms. The van der Waals surface area contributed by atoms with Crippen molar-refractivity contribution < 1.29 is 14.7 Å². The Bertz CT molecular complexity index is 659. The Morgan fingerprint density at radius 1 is 0.952 bits per heavy atom. The number of nitrogens with one attached hydrogen (secondary N) is 3. The topological polar surface area (TPSA) is 90.5 Å². The summed E-state index contributed by atoms with van der Waals surface area (Å²) in [6, 6.07) is 11.9. The van der Waals surface area contributed by atoms with Crippen molar-refractivity contribution in [1.29, 1.82) is 0 Å². The van der Waals surface area contributed by atoms with Crippen LogP contribution in [0, 0.1) is 0 Å². The molecule has 2 aromatic rings. The third-order valence-electron chi connectivity index (χ3n) is 2.54. The number of urea groups is 1. The highest BCUT2D eigenvalue weighted by molar-refractivity contribution is 6.30. The maximum absolute atomic E-state index is 11.7. The van der Waals surface area contributed by atoms with Crippen molar-refractivity contribution in [2.45, 2.75) is 0 Å². The number of para-hydroxylation sites is 1. The van der Waals surface area contributed by atoms with Gasteiger partial charge < -0.3 is 10.4 Å². The number of rotatable bonds is 2. The van der Waals surface area contributed by atoms with Crippen LogP contribution in [0.3, 0.4) is 0 Å². The molecule has 2 rings (SSSR count). The van der Waals surface area contributed by atoms with Crippen LogP contribution >= 0.6 is 11.6 Å². The highest BCUT2D eigenvalue weighted by atomic mass is 35.5. The van der Waals surface area contributed by atoms with E-state index >= 15 is 0 Å². The summed E-state index contributed by atoms with van der Waals surface area (Å²) >= 11 is 5.72. The lowest BCUT2D eigenvalue weighted by Crippen LogP contribution is -2.43. The standard InChI is InChI=1S/C14H12ClN3O3/c15-9-5-7-10(8-6-9)16-14(21)18-17-13(20)11-3-1-2-4-12(11)19/h1-8,19H,(H,17,20)(H2,16,18,21). The van der Waals surface area contributed by atoms with E-state index in [-0.39, 0.29) is 11.3 Å². The highest BCUT2D eigenvalue weighted by Crippen LogP contribution is 2.15. The van der Waals surface area contributed by atoms with Crippen LogP contribution in [0.15, 0.2) is 48.5 Å². The lowest BCUT2D eigenvalue weighted by Gasteiger charge is -2.09. The van der Waals surface area contributed by atoms with Crippen molar-refractivity contribution in [3.8, 4) is 5.75 Å². The van der Waals surface area contributed by atoms with E-state index in [1.54, 1.807) is 36.4 Å². The molecule has 0 aromatic heterocycles. The van der Waals surface area contributed by atoms with Gasteiger partial charge in [-0.2, -0.15) is 0 Å². The predicted molar refractivity (Wildman–Crippen MR) is 79.2 cm³/mol. The van der Waals surface area contributed by atoms with Crippen LogP contribution in [0.1, 0.15) is 10.4 Å². The number of carbonyl (C=O) groups is 2. The van der Waals surface area contributed by atoms with Crippen LogP contribution in [0.25, 0.3) is 0 Å². The quantitative estimate of drug-likeness (QED) is 0.643. The van der Waals surface area contributed by atoms with Gasteiger partial charge in [-0.05, 0) is 36.4 Å². The molecule has 4 N–H and O–H groups in total. The third-order valence-corrected chi connectivity index (χ3v) is 2.79. The largest absolute Gasteiger partial charge is 0.507 e. The number of halogens is 1. The molecule has 3 amide bonds. The zero-order valence-corrected chi connectivity index (χ0v) is 11.5. The first kappa shape index (κ1) is 14.7. The van der Waals surface area contributed by atoms with Gasteiger partial charge in [-0.1, -0.05) is 23.7 Å². The molecule has 6 nitrogen and oxygen atoms in total. The summed E-state index contributed by atoms with van der Waals surface area (Å²) in [5.41, 5.74) is 4.94. The number of benzene rings is 2. The zero-order valence-electron chi connectivity index (χ0n) is 10.8. The summed E-state index contributed by atoms with van der Waals surface area (Å²) in [7, 11) is 0. The fraction of sp³-hybridized carbons (Fsp3) is 0. The summed E-state index contributed by atoms with van der Waals surface area (Å²) in [5, 5.41) is 12.6. The Kier molecular flexibility index (Phi) is 4.63. The summed E-state index contributed by atoms with van der Waals surface area (Å²) in [6.45, 7) is 0. The molecule has 0 saturated heterocycles. The molecule has 0 heterocycles. The molecule has 0 saturated carbocycles. The highest BCUT2D eigenvalue weighted by Gasteiger charge is 2.10. The fourth-order valence-corrected chi connectivity index (χ4v) is 1.67. The van der Waals surface area contributed by atoms with E-state index in [2.05, 4.69) is 16.2 Å². The normalized spacial score (nSPS) is 9.76. The van der Waals surface area contributed by atoms with Crippen LogP contribution in [0.4, 0.5) is 10.5 Å². The Hall–Kier alpha value is -2.73. The number of amides is 3. The van der Waals surface area contributed by atoms with Crippen molar-refractivity contribution in [3.63, 3.8) is 0 Å². The number of hydrogen-bond acceptors (Lipinski definition) is 3. The van der Waals surface area contributed by atoms with Gasteiger partial charge >= 0.3 is 6.03 Å². The van der Waals surface area contributed by atoms with Crippen LogP contribution in [-0.4, -0.2) is 17.0 Å². The summed E-state index contributed by atoms with van der Waals surface area (Å²) in [5.74, 6) is -0.797. The Morgan fingerprint density at radius 2 is 1.62 bits per heavy atom. The monoisotopic (exact) mass is 305 g/mol. The number of hydrazine groups is 1. The number of hydrogen-bond donors (Lipinski definition) is 4. The molecular weight excluding hydrogens is 294 g/mol. The molecule has 21 heavy (non-hydrogen) atoms. The molecule has 2 aromatic carbocycles. The number of carbonyl (C=O) groups excluding carboxylic acids is 2. The van der Waals surface area contributed by atoms with Gasteiger partial charge in [0.25, 0.3) is 5.91 Å².